The molecule has 0 N–H and O–H groups in total. The van der Waals surface area contributed by atoms with Gasteiger partial charge in [-0.25, -0.2) is 4.79 Å². The van der Waals surface area contributed by atoms with E-state index in [1.165, 1.54) is 0 Å². The number of benzene rings is 2. The summed E-state index contributed by atoms with van der Waals surface area (Å²) >= 11 is 0. The van der Waals surface area contributed by atoms with Crippen LogP contribution in [0.2, 0.25) is 0 Å². The van der Waals surface area contributed by atoms with Gasteiger partial charge in [0.15, 0.2) is 11.5 Å². The second-order valence-electron chi connectivity index (χ2n) is 5.87. The fourth-order valence-electron chi connectivity index (χ4n) is 2.76. The molecule has 2 aromatic carbocycles. The third-order valence-electron chi connectivity index (χ3n) is 4.10. The van der Waals surface area contributed by atoms with Crippen molar-refractivity contribution < 1.29 is 28.5 Å². The lowest BCUT2D eigenvalue weighted by molar-refractivity contribution is 0.0678. The van der Waals surface area contributed by atoms with E-state index >= 15 is 0 Å². The zero-order valence-corrected chi connectivity index (χ0v) is 13.6. The van der Waals surface area contributed by atoms with E-state index in [1.807, 2.05) is 0 Å². The van der Waals surface area contributed by atoms with Crippen LogP contribution in [-0.4, -0.2) is 32.1 Å². The summed E-state index contributed by atoms with van der Waals surface area (Å²) in [5.74, 6) is 1.89. The van der Waals surface area contributed by atoms with Gasteiger partial charge in [0.1, 0.15) is 18.1 Å². The summed E-state index contributed by atoms with van der Waals surface area (Å²) in [6.07, 6.45) is 2.27. The zero-order valence-electron chi connectivity index (χ0n) is 13.6. The SMILES string of the molecule is O=C(Oc1ccc2c(c1)OCO2)c1ccc(OC[C@@H]2CCCO2)cc1. The summed E-state index contributed by atoms with van der Waals surface area (Å²) in [6.45, 7) is 1.51. The van der Waals surface area contributed by atoms with Gasteiger partial charge in [-0.1, -0.05) is 0 Å². The van der Waals surface area contributed by atoms with Gasteiger partial charge in [-0.3, -0.25) is 0 Å². The molecule has 6 heteroatoms. The Hall–Kier alpha value is -2.73. The van der Waals surface area contributed by atoms with Gasteiger partial charge >= 0.3 is 5.97 Å². The highest BCUT2D eigenvalue weighted by molar-refractivity contribution is 5.91. The molecule has 2 heterocycles. The first kappa shape index (κ1) is 15.8. The fraction of sp³-hybridized carbons (Fsp3) is 0.316. The Morgan fingerprint density at radius 1 is 1.04 bits per heavy atom. The van der Waals surface area contributed by atoms with Gasteiger partial charge in [-0.2, -0.15) is 0 Å². The summed E-state index contributed by atoms with van der Waals surface area (Å²) in [6, 6.07) is 11.9. The molecule has 6 nitrogen and oxygen atoms in total. The Morgan fingerprint density at radius 2 is 1.84 bits per heavy atom. The van der Waals surface area contributed by atoms with Crippen LogP contribution in [0.3, 0.4) is 0 Å². The molecule has 0 bridgehead atoms. The van der Waals surface area contributed by atoms with Gasteiger partial charge in [0.2, 0.25) is 6.79 Å². The van der Waals surface area contributed by atoms with Gasteiger partial charge in [-0.05, 0) is 49.2 Å². The molecule has 1 atom stereocenters. The van der Waals surface area contributed by atoms with E-state index in [2.05, 4.69) is 0 Å². The standard InChI is InChI=1S/C19H18O6/c20-19(25-15-7-8-17-18(10-15)24-12-23-17)13-3-5-14(6-4-13)22-11-16-2-1-9-21-16/h3-8,10,16H,1-2,9,11-12H2/t16-/m0/s1. The van der Waals surface area contributed by atoms with E-state index in [9.17, 15) is 4.79 Å². The zero-order chi connectivity index (χ0) is 17.1. The maximum atomic E-state index is 12.2. The molecule has 1 fully saturated rings. The molecule has 0 radical (unpaired) electrons. The minimum Gasteiger partial charge on any atom is -0.491 e. The molecule has 1 saturated heterocycles. The van der Waals surface area contributed by atoms with Gasteiger partial charge in [0.25, 0.3) is 0 Å². The van der Waals surface area contributed by atoms with Crippen LogP contribution in [-0.2, 0) is 4.74 Å². The van der Waals surface area contributed by atoms with Crippen molar-refractivity contribution in [2.24, 2.45) is 0 Å². The first-order chi connectivity index (χ1) is 12.3. The van der Waals surface area contributed by atoms with Crippen LogP contribution in [0.5, 0.6) is 23.0 Å². The molecule has 2 aliphatic rings. The van der Waals surface area contributed by atoms with Crippen LogP contribution >= 0.6 is 0 Å². The summed E-state index contributed by atoms with van der Waals surface area (Å²) < 4.78 is 27.1. The largest absolute Gasteiger partial charge is 0.491 e. The number of rotatable bonds is 5. The van der Waals surface area contributed by atoms with E-state index in [1.54, 1.807) is 42.5 Å². The number of hydrogen-bond acceptors (Lipinski definition) is 6. The van der Waals surface area contributed by atoms with Crippen LogP contribution in [0.25, 0.3) is 0 Å². The third kappa shape index (κ3) is 3.69. The highest BCUT2D eigenvalue weighted by atomic mass is 16.7. The van der Waals surface area contributed by atoms with E-state index in [4.69, 9.17) is 23.7 Å². The average Bonchev–Trinajstić information content (AvgIpc) is 3.31. The topological polar surface area (TPSA) is 63.2 Å². The molecular formula is C19H18O6. The second kappa shape index (κ2) is 7.03. The maximum Gasteiger partial charge on any atom is 0.343 e. The molecule has 0 amide bonds. The van der Waals surface area contributed by atoms with E-state index in [0.29, 0.717) is 35.2 Å². The second-order valence-corrected chi connectivity index (χ2v) is 5.87. The van der Waals surface area contributed by atoms with Gasteiger partial charge in [-0.15, -0.1) is 0 Å². The van der Waals surface area contributed by atoms with Crippen LogP contribution < -0.4 is 18.9 Å². The minimum absolute atomic E-state index is 0.163. The van der Waals surface area contributed by atoms with E-state index in [-0.39, 0.29) is 12.9 Å². The summed E-state index contributed by atoms with van der Waals surface area (Å²) in [7, 11) is 0. The number of hydrogen-bond donors (Lipinski definition) is 0. The smallest absolute Gasteiger partial charge is 0.343 e. The highest BCUT2D eigenvalue weighted by Crippen LogP contribution is 2.35. The first-order valence-corrected chi connectivity index (χ1v) is 8.24. The van der Waals surface area contributed by atoms with Crippen molar-refractivity contribution in [1.29, 1.82) is 0 Å². The number of fused-ring (bicyclic) bond motifs is 1. The Bertz CT molecular complexity index is 749. The first-order valence-electron chi connectivity index (χ1n) is 8.24. The van der Waals surface area contributed by atoms with Gasteiger partial charge in [0, 0.05) is 12.7 Å². The molecular weight excluding hydrogens is 324 g/mol. The number of carbonyl (C=O) groups is 1. The Kier molecular flexibility index (Phi) is 4.43. The highest BCUT2D eigenvalue weighted by Gasteiger charge is 2.17. The van der Waals surface area contributed by atoms with E-state index < -0.39 is 5.97 Å². The monoisotopic (exact) mass is 342 g/mol. The lowest BCUT2D eigenvalue weighted by Crippen LogP contribution is -2.16. The van der Waals surface area contributed by atoms with Crippen molar-refractivity contribution in [2.45, 2.75) is 18.9 Å². The minimum atomic E-state index is -0.440. The van der Waals surface area contributed by atoms with Crippen molar-refractivity contribution in [1.82, 2.24) is 0 Å². The Labute approximate surface area is 145 Å². The summed E-state index contributed by atoms with van der Waals surface area (Å²) in [4.78, 5) is 12.2. The van der Waals surface area contributed by atoms with Crippen molar-refractivity contribution in [3.63, 3.8) is 0 Å². The molecule has 0 unspecified atom stereocenters. The van der Waals surface area contributed by atoms with Crippen LogP contribution in [0.1, 0.15) is 23.2 Å². The predicted molar refractivity (Wildman–Crippen MR) is 88.4 cm³/mol. The molecule has 2 aliphatic heterocycles. The quantitative estimate of drug-likeness (QED) is 0.614. The molecule has 0 aromatic heterocycles. The maximum absolute atomic E-state index is 12.2. The molecule has 0 aliphatic carbocycles. The number of carbonyl (C=O) groups excluding carboxylic acids is 1. The Balaban J connectivity index is 1.35. The molecule has 2 aromatic rings. The Morgan fingerprint density at radius 3 is 2.64 bits per heavy atom. The van der Waals surface area contributed by atoms with Crippen LogP contribution in [0.15, 0.2) is 42.5 Å². The fourth-order valence-corrected chi connectivity index (χ4v) is 2.76. The van der Waals surface area contributed by atoms with Crippen LogP contribution in [0, 0.1) is 0 Å². The summed E-state index contributed by atoms with van der Waals surface area (Å²) in [5, 5.41) is 0. The third-order valence-corrected chi connectivity index (χ3v) is 4.10. The molecule has 4 rings (SSSR count). The van der Waals surface area contributed by atoms with Gasteiger partial charge in [0.05, 0.1) is 11.7 Å². The molecule has 0 saturated carbocycles. The summed E-state index contributed by atoms with van der Waals surface area (Å²) in [5.41, 5.74) is 0.446. The average molecular weight is 342 g/mol. The van der Waals surface area contributed by atoms with Crippen molar-refractivity contribution in [3.05, 3.63) is 48.0 Å². The van der Waals surface area contributed by atoms with Crippen molar-refractivity contribution in [3.8, 4) is 23.0 Å². The number of esters is 1. The normalized spacial score (nSPS) is 18.2. The number of ether oxygens (including phenoxy) is 5. The van der Waals surface area contributed by atoms with Gasteiger partial charge < -0.3 is 23.7 Å². The molecule has 130 valence electrons. The lowest BCUT2D eigenvalue weighted by Gasteiger charge is -2.11. The van der Waals surface area contributed by atoms with Crippen molar-refractivity contribution >= 4 is 5.97 Å². The lowest BCUT2D eigenvalue weighted by atomic mass is 10.2. The molecule has 0 spiro atoms. The van der Waals surface area contributed by atoms with Crippen LogP contribution in [0.4, 0.5) is 0 Å². The predicted octanol–water partition coefficient (Wildman–Crippen LogP) is 3.19. The van der Waals surface area contributed by atoms with E-state index in [0.717, 1.165) is 19.4 Å². The molecule has 25 heavy (non-hydrogen) atoms. The van der Waals surface area contributed by atoms with Crippen molar-refractivity contribution in [2.75, 3.05) is 20.0 Å².